The second-order valence-electron chi connectivity index (χ2n) is 7.54. The van der Waals surface area contributed by atoms with Gasteiger partial charge in [0.1, 0.15) is 0 Å². The Morgan fingerprint density at radius 1 is 1.06 bits per heavy atom. The second-order valence-corrected chi connectivity index (χ2v) is 11.5. The lowest BCUT2D eigenvalue weighted by Crippen LogP contribution is -2.35. The molecule has 2 aromatic rings. The second kappa shape index (κ2) is 8.40. The van der Waals surface area contributed by atoms with E-state index in [1.165, 1.54) is 17.4 Å². The minimum absolute atomic E-state index is 0.00818. The molecule has 1 fully saturated rings. The summed E-state index contributed by atoms with van der Waals surface area (Å²) in [5.41, 5.74) is 3.74. The Labute approximate surface area is 190 Å². The summed E-state index contributed by atoms with van der Waals surface area (Å²) in [6.07, 6.45) is 0. The fourth-order valence-corrected chi connectivity index (χ4v) is 7.00. The number of nitrogens with zero attached hydrogens (tertiary/aromatic N) is 3. The minimum Gasteiger partial charge on any atom is -0.370 e. The number of thioether (sulfide) groups is 2. The van der Waals surface area contributed by atoms with E-state index in [1.54, 1.807) is 12.1 Å². The molecular formula is C21H22N4O3S3. The van der Waals surface area contributed by atoms with Crippen LogP contribution in [0.5, 0.6) is 0 Å². The zero-order chi connectivity index (χ0) is 21.4. The SMILES string of the molecule is O=C(NCc1ccc(N2CCSCC2)cc1)c1ccc2c(c1)SC1=NS(=O)(=O)CCN12. The first-order chi connectivity index (χ1) is 15.0. The molecule has 3 heterocycles. The lowest BCUT2D eigenvalue weighted by atomic mass is 10.1. The smallest absolute Gasteiger partial charge is 0.257 e. The Hall–Kier alpha value is -2.17. The molecule has 162 valence electrons. The molecule has 5 rings (SSSR count). The van der Waals surface area contributed by atoms with Crippen LogP contribution in [-0.4, -0.2) is 56.4 Å². The summed E-state index contributed by atoms with van der Waals surface area (Å²) in [6.45, 7) is 3.00. The highest BCUT2D eigenvalue weighted by Gasteiger charge is 2.33. The molecule has 2 aromatic carbocycles. The highest BCUT2D eigenvalue weighted by Crippen LogP contribution is 2.42. The predicted molar refractivity (Wildman–Crippen MR) is 128 cm³/mol. The number of fused-ring (bicyclic) bond motifs is 3. The van der Waals surface area contributed by atoms with Crippen LogP contribution in [0.25, 0.3) is 0 Å². The maximum atomic E-state index is 12.7. The maximum Gasteiger partial charge on any atom is 0.257 e. The Balaban J connectivity index is 1.23. The van der Waals surface area contributed by atoms with E-state index < -0.39 is 10.0 Å². The van der Waals surface area contributed by atoms with E-state index in [1.807, 2.05) is 22.7 Å². The predicted octanol–water partition coefficient (Wildman–Crippen LogP) is 2.78. The van der Waals surface area contributed by atoms with E-state index in [9.17, 15) is 13.2 Å². The number of sulfonamides is 1. The van der Waals surface area contributed by atoms with Gasteiger partial charge in [-0.3, -0.25) is 4.79 Å². The molecular weight excluding hydrogens is 452 g/mol. The molecule has 3 aliphatic rings. The maximum absolute atomic E-state index is 12.7. The molecule has 10 heteroatoms. The van der Waals surface area contributed by atoms with Crippen LogP contribution in [0, 0.1) is 0 Å². The molecule has 0 aliphatic carbocycles. The summed E-state index contributed by atoms with van der Waals surface area (Å²) in [5.74, 6) is 2.18. The van der Waals surface area contributed by atoms with Gasteiger partial charge in [-0.25, -0.2) is 8.42 Å². The number of hydrogen-bond acceptors (Lipinski definition) is 7. The molecule has 0 radical (unpaired) electrons. The van der Waals surface area contributed by atoms with Gasteiger partial charge in [0, 0.05) is 53.8 Å². The topological polar surface area (TPSA) is 82.1 Å². The number of carbonyl (C=O) groups is 1. The van der Waals surface area contributed by atoms with Gasteiger partial charge < -0.3 is 15.1 Å². The van der Waals surface area contributed by atoms with Gasteiger partial charge in [0.25, 0.3) is 15.9 Å². The summed E-state index contributed by atoms with van der Waals surface area (Å²) in [7, 11) is -3.39. The van der Waals surface area contributed by atoms with Crippen molar-refractivity contribution in [2.24, 2.45) is 4.40 Å². The van der Waals surface area contributed by atoms with Crippen LogP contribution in [0.15, 0.2) is 51.8 Å². The lowest BCUT2D eigenvalue weighted by Gasteiger charge is -2.28. The molecule has 0 unspecified atom stereocenters. The number of rotatable bonds is 4. The normalized spacial score (nSPS) is 19.4. The molecule has 0 atom stereocenters. The zero-order valence-corrected chi connectivity index (χ0v) is 19.2. The van der Waals surface area contributed by atoms with E-state index in [2.05, 4.69) is 38.9 Å². The summed E-state index contributed by atoms with van der Waals surface area (Å²) < 4.78 is 27.4. The number of amidine groups is 1. The Morgan fingerprint density at radius 2 is 1.84 bits per heavy atom. The third-order valence-corrected chi connectivity index (χ3v) is 8.75. The van der Waals surface area contributed by atoms with E-state index in [4.69, 9.17) is 0 Å². The van der Waals surface area contributed by atoms with E-state index in [0.29, 0.717) is 23.8 Å². The van der Waals surface area contributed by atoms with Gasteiger partial charge in [-0.15, -0.1) is 4.40 Å². The number of hydrogen-bond donors (Lipinski definition) is 1. The summed E-state index contributed by atoms with van der Waals surface area (Å²) in [6, 6.07) is 13.8. The van der Waals surface area contributed by atoms with Crippen molar-refractivity contribution in [3.8, 4) is 0 Å². The Kier molecular flexibility index (Phi) is 5.61. The van der Waals surface area contributed by atoms with Crippen LogP contribution in [0.2, 0.25) is 0 Å². The van der Waals surface area contributed by atoms with Crippen molar-refractivity contribution in [1.82, 2.24) is 5.32 Å². The first-order valence-electron chi connectivity index (χ1n) is 10.1. The highest BCUT2D eigenvalue weighted by molar-refractivity contribution is 8.15. The number of anilines is 2. The summed E-state index contributed by atoms with van der Waals surface area (Å²) in [5, 5.41) is 3.44. The molecule has 3 aliphatic heterocycles. The van der Waals surface area contributed by atoms with Crippen molar-refractivity contribution >= 4 is 56.0 Å². The molecule has 31 heavy (non-hydrogen) atoms. The van der Waals surface area contributed by atoms with Crippen LogP contribution < -0.4 is 15.1 Å². The van der Waals surface area contributed by atoms with Crippen molar-refractivity contribution in [2.75, 3.05) is 46.7 Å². The molecule has 0 spiro atoms. The summed E-state index contributed by atoms with van der Waals surface area (Å²) >= 11 is 3.29. The van der Waals surface area contributed by atoms with E-state index in [-0.39, 0.29) is 11.7 Å². The van der Waals surface area contributed by atoms with Crippen LogP contribution in [0.4, 0.5) is 11.4 Å². The number of carbonyl (C=O) groups excluding carboxylic acids is 1. The molecule has 1 amide bonds. The van der Waals surface area contributed by atoms with Crippen molar-refractivity contribution < 1.29 is 13.2 Å². The first kappa shape index (κ1) is 20.7. The van der Waals surface area contributed by atoms with Gasteiger partial charge in [-0.05, 0) is 47.7 Å². The number of nitrogens with one attached hydrogen (secondary N) is 1. The van der Waals surface area contributed by atoms with Gasteiger partial charge >= 0.3 is 0 Å². The first-order valence-corrected chi connectivity index (χ1v) is 13.7. The highest BCUT2D eigenvalue weighted by atomic mass is 32.2. The van der Waals surface area contributed by atoms with E-state index >= 15 is 0 Å². The molecule has 0 saturated carbocycles. The van der Waals surface area contributed by atoms with Crippen LogP contribution >= 0.6 is 23.5 Å². The van der Waals surface area contributed by atoms with Gasteiger partial charge in [0.2, 0.25) is 0 Å². The Morgan fingerprint density at radius 3 is 2.61 bits per heavy atom. The molecule has 0 bridgehead atoms. The fourth-order valence-electron chi connectivity index (χ4n) is 3.80. The van der Waals surface area contributed by atoms with Crippen LogP contribution in [0.1, 0.15) is 15.9 Å². The van der Waals surface area contributed by atoms with Gasteiger partial charge in [0.15, 0.2) is 5.17 Å². The fraction of sp³-hybridized carbons (Fsp3) is 0.333. The average Bonchev–Trinajstić information content (AvgIpc) is 3.13. The van der Waals surface area contributed by atoms with Gasteiger partial charge in [-0.2, -0.15) is 11.8 Å². The molecule has 7 nitrogen and oxygen atoms in total. The van der Waals surface area contributed by atoms with Crippen molar-refractivity contribution in [2.45, 2.75) is 11.4 Å². The van der Waals surface area contributed by atoms with Crippen LogP contribution in [0.3, 0.4) is 0 Å². The van der Waals surface area contributed by atoms with Crippen molar-refractivity contribution in [3.63, 3.8) is 0 Å². The molecule has 0 aromatic heterocycles. The van der Waals surface area contributed by atoms with Gasteiger partial charge in [-0.1, -0.05) is 12.1 Å². The van der Waals surface area contributed by atoms with Crippen molar-refractivity contribution in [3.05, 3.63) is 53.6 Å². The quantitative estimate of drug-likeness (QED) is 0.730. The summed E-state index contributed by atoms with van der Waals surface area (Å²) in [4.78, 5) is 17.8. The molecule has 1 saturated heterocycles. The molecule has 1 N–H and O–H groups in total. The van der Waals surface area contributed by atoms with Crippen molar-refractivity contribution in [1.29, 1.82) is 0 Å². The minimum atomic E-state index is -3.39. The standard InChI is InChI=1S/C21H22N4O3S3/c26-20(22-14-15-1-4-17(5-2-15)24-7-10-29-11-8-24)16-3-6-18-19(13-16)30-21-23-31(27,28)12-9-25(18)21/h1-6,13H,7-12,14H2,(H,22,26). The van der Waals surface area contributed by atoms with Crippen LogP contribution in [-0.2, 0) is 16.6 Å². The lowest BCUT2D eigenvalue weighted by molar-refractivity contribution is 0.0950. The van der Waals surface area contributed by atoms with E-state index in [0.717, 1.165) is 40.7 Å². The number of amides is 1. The van der Waals surface area contributed by atoms with Gasteiger partial charge in [0.05, 0.1) is 11.4 Å². The average molecular weight is 475 g/mol. The Bertz CT molecular complexity index is 1140. The largest absolute Gasteiger partial charge is 0.370 e. The number of benzene rings is 2. The monoisotopic (exact) mass is 474 g/mol. The zero-order valence-electron chi connectivity index (χ0n) is 16.8. The third-order valence-electron chi connectivity index (χ3n) is 5.50. The third kappa shape index (κ3) is 4.42.